The standard InChI is InChI=1S/C29H33I3O8S/c1-17(33)40-28-23(31)16-22(30)26(27(28)32)29(34)39-13-12-38-24-14-21(19-10-6-3-7-11-19)25(41(35,36)37)15-20(24)18-8-4-2-5-9-18/h14-16,18-19H,2-13H2,1H3,(H,35,36,37). The molecule has 0 amide bonds. The largest absolute Gasteiger partial charge is 0.490 e. The maximum absolute atomic E-state index is 13.1. The number of halogens is 3. The molecule has 0 heterocycles. The lowest BCUT2D eigenvalue weighted by Gasteiger charge is -2.28. The van der Waals surface area contributed by atoms with Gasteiger partial charge in [-0.25, -0.2) is 4.79 Å². The van der Waals surface area contributed by atoms with Crippen LogP contribution in [0, 0.1) is 10.7 Å². The predicted octanol–water partition coefficient (Wildman–Crippen LogP) is 8.00. The van der Waals surface area contributed by atoms with E-state index in [1.54, 1.807) is 18.2 Å². The van der Waals surface area contributed by atoms with Gasteiger partial charge in [0.1, 0.15) is 19.0 Å². The molecule has 0 aliphatic heterocycles. The van der Waals surface area contributed by atoms with Gasteiger partial charge in [0.2, 0.25) is 0 Å². The number of ether oxygens (including phenoxy) is 3. The van der Waals surface area contributed by atoms with E-state index in [-0.39, 0.29) is 29.9 Å². The van der Waals surface area contributed by atoms with Gasteiger partial charge in [-0.2, -0.15) is 8.42 Å². The first-order valence-corrected chi connectivity index (χ1v) is 18.5. The Morgan fingerprint density at radius 1 is 0.854 bits per heavy atom. The summed E-state index contributed by atoms with van der Waals surface area (Å²) < 4.78 is 54.2. The Balaban J connectivity index is 1.56. The molecule has 8 nitrogen and oxygen atoms in total. The number of carbonyl (C=O) groups excluding carboxylic acids is 2. The van der Waals surface area contributed by atoms with Crippen LogP contribution in [0.15, 0.2) is 23.1 Å². The molecule has 0 saturated heterocycles. The monoisotopic (exact) mass is 922 g/mol. The highest BCUT2D eigenvalue weighted by Crippen LogP contribution is 2.44. The van der Waals surface area contributed by atoms with E-state index in [1.165, 1.54) is 6.92 Å². The van der Waals surface area contributed by atoms with Crippen molar-refractivity contribution < 1.29 is 36.8 Å². The van der Waals surface area contributed by atoms with Gasteiger partial charge < -0.3 is 14.2 Å². The summed E-state index contributed by atoms with van der Waals surface area (Å²) >= 11 is 6.11. The van der Waals surface area contributed by atoms with E-state index >= 15 is 0 Å². The fourth-order valence-corrected chi connectivity index (χ4v) is 10.6. The molecule has 0 unspecified atom stereocenters. The first kappa shape index (κ1) is 33.2. The highest BCUT2D eigenvalue weighted by Gasteiger charge is 2.29. The van der Waals surface area contributed by atoms with Crippen molar-refractivity contribution in [2.45, 2.75) is 87.9 Å². The molecule has 2 fully saturated rings. The average molecular weight is 922 g/mol. The highest BCUT2D eigenvalue weighted by atomic mass is 127. The number of hydrogen-bond donors (Lipinski definition) is 1. The van der Waals surface area contributed by atoms with Crippen molar-refractivity contribution in [2.75, 3.05) is 13.2 Å². The van der Waals surface area contributed by atoms with E-state index < -0.39 is 22.1 Å². The van der Waals surface area contributed by atoms with Crippen LogP contribution in [0.4, 0.5) is 0 Å². The molecule has 0 aromatic heterocycles. The van der Waals surface area contributed by atoms with Crippen LogP contribution in [0.25, 0.3) is 0 Å². The summed E-state index contributed by atoms with van der Waals surface area (Å²) in [5.74, 6) is 0.0696. The summed E-state index contributed by atoms with van der Waals surface area (Å²) in [5.41, 5.74) is 1.72. The molecule has 224 valence electrons. The third-order valence-corrected chi connectivity index (χ3v) is 11.3. The number of esters is 2. The summed E-state index contributed by atoms with van der Waals surface area (Å²) in [6, 6.07) is 5.19. The molecule has 4 rings (SSSR count). The predicted molar refractivity (Wildman–Crippen MR) is 180 cm³/mol. The van der Waals surface area contributed by atoms with Gasteiger partial charge in [0.15, 0.2) is 5.75 Å². The molecule has 0 bridgehead atoms. The molecular formula is C29H33I3O8S. The Hall–Kier alpha value is -0.720. The summed E-state index contributed by atoms with van der Waals surface area (Å²) in [6.45, 7) is 1.36. The topological polar surface area (TPSA) is 116 Å². The molecule has 2 aromatic rings. The van der Waals surface area contributed by atoms with E-state index in [0.717, 1.165) is 69.8 Å². The smallest absolute Gasteiger partial charge is 0.340 e. The van der Waals surface area contributed by atoms with Crippen LogP contribution in [0.1, 0.15) is 104 Å². The first-order chi connectivity index (χ1) is 19.5. The molecular weight excluding hydrogens is 889 g/mol. The Morgan fingerprint density at radius 3 is 2.00 bits per heavy atom. The van der Waals surface area contributed by atoms with E-state index in [2.05, 4.69) is 45.2 Å². The zero-order chi connectivity index (χ0) is 29.7. The van der Waals surface area contributed by atoms with Gasteiger partial charge in [-0.05, 0) is 135 Å². The Bertz CT molecular complexity index is 1400. The van der Waals surface area contributed by atoms with E-state index in [9.17, 15) is 22.6 Å². The molecule has 0 atom stereocenters. The van der Waals surface area contributed by atoms with Crippen molar-refractivity contribution in [1.82, 2.24) is 0 Å². The van der Waals surface area contributed by atoms with Gasteiger partial charge in [0.25, 0.3) is 10.1 Å². The quantitative estimate of drug-likeness (QED) is 0.0886. The fraction of sp³-hybridized carbons (Fsp3) is 0.517. The van der Waals surface area contributed by atoms with Crippen LogP contribution in [-0.2, 0) is 19.6 Å². The molecule has 2 aliphatic rings. The third-order valence-electron chi connectivity index (χ3n) is 7.66. The van der Waals surface area contributed by atoms with Crippen molar-refractivity contribution in [1.29, 1.82) is 0 Å². The van der Waals surface area contributed by atoms with Crippen molar-refractivity contribution in [3.8, 4) is 11.5 Å². The lowest BCUT2D eigenvalue weighted by Crippen LogP contribution is -2.18. The third kappa shape index (κ3) is 8.47. The Morgan fingerprint density at radius 2 is 1.44 bits per heavy atom. The van der Waals surface area contributed by atoms with Crippen molar-refractivity contribution in [3.63, 3.8) is 0 Å². The zero-order valence-electron chi connectivity index (χ0n) is 22.7. The number of rotatable bonds is 9. The minimum Gasteiger partial charge on any atom is -0.490 e. The summed E-state index contributed by atoms with van der Waals surface area (Å²) in [7, 11) is -4.41. The number of benzene rings is 2. The molecule has 0 radical (unpaired) electrons. The van der Waals surface area contributed by atoms with Gasteiger partial charge in [-0.1, -0.05) is 38.5 Å². The molecule has 41 heavy (non-hydrogen) atoms. The second-order valence-electron chi connectivity index (χ2n) is 10.5. The van der Waals surface area contributed by atoms with Crippen LogP contribution >= 0.6 is 67.8 Å². The Kier molecular flexibility index (Phi) is 12.0. The first-order valence-electron chi connectivity index (χ1n) is 13.8. The molecule has 2 aromatic carbocycles. The zero-order valence-corrected chi connectivity index (χ0v) is 30.0. The minimum absolute atomic E-state index is 0.00445. The van der Waals surface area contributed by atoms with Gasteiger partial charge in [0.05, 0.1) is 17.6 Å². The molecule has 0 spiro atoms. The van der Waals surface area contributed by atoms with Crippen molar-refractivity contribution >= 4 is 89.8 Å². The van der Waals surface area contributed by atoms with Crippen LogP contribution in [0.2, 0.25) is 0 Å². The Labute approximate surface area is 282 Å². The molecule has 2 aliphatic carbocycles. The molecule has 12 heteroatoms. The fourth-order valence-electron chi connectivity index (χ4n) is 5.76. The second kappa shape index (κ2) is 14.8. The summed E-state index contributed by atoms with van der Waals surface area (Å²) in [5, 5.41) is 0. The van der Waals surface area contributed by atoms with Gasteiger partial charge in [-0.15, -0.1) is 0 Å². The molecule has 2 saturated carbocycles. The number of hydrogen-bond acceptors (Lipinski definition) is 7. The van der Waals surface area contributed by atoms with Crippen LogP contribution in [0.3, 0.4) is 0 Å². The van der Waals surface area contributed by atoms with Crippen molar-refractivity contribution in [3.05, 3.63) is 45.6 Å². The average Bonchev–Trinajstić information content (AvgIpc) is 2.93. The summed E-state index contributed by atoms with van der Waals surface area (Å²) in [4.78, 5) is 24.6. The van der Waals surface area contributed by atoms with Gasteiger partial charge in [-0.3, -0.25) is 9.35 Å². The highest BCUT2D eigenvalue weighted by molar-refractivity contribution is 14.1. The van der Waals surface area contributed by atoms with E-state index in [0.29, 0.717) is 33.3 Å². The number of carbonyl (C=O) groups is 2. The SMILES string of the molecule is CC(=O)Oc1c(I)cc(I)c(C(=O)OCCOc2cc(C3CCCCC3)c(S(=O)(=O)O)cc2C2CCCCC2)c1I. The van der Waals surface area contributed by atoms with Gasteiger partial charge in [0, 0.05) is 10.5 Å². The van der Waals surface area contributed by atoms with Crippen LogP contribution in [-0.4, -0.2) is 38.1 Å². The maximum atomic E-state index is 13.1. The maximum Gasteiger partial charge on any atom is 0.340 e. The van der Waals surface area contributed by atoms with Crippen LogP contribution < -0.4 is 9.47 Å². The lowest BCUT2D eigenvalue weighted by molar-refractivity contribution is -0.132. The van der Waals surface area contributed by atoms with Crippen LogP contribution in [0.5, 0.6) is 11.5 Å². The van der Waals surface area contributed by atoms with E-state index in [1.807, 2.05) is 22.6 Å². The van der Waals surface area contributed by atoms with Crippen molar-refractivity contribution in [2.24, 2.45) is 0 Å². The second-order valence-corrected chi connectivity index (χ2v) is 15.3. The normalized spacial score (nSPS) is 16.8. The molecule has 1 N–H and O–H groups in total. The van der Waals surface area contributed by atoms with E-state index in [4.69, 9.17) is 14.2 Å². The lowest BCUT2D eigenvalue weighted by atomic mass is 9.80. The minimum atomic E-state index is -4.41. The summed E-state index contributed by atoms with van der Waals surface area (Å²) in [6.07, 6.45) is 9.97. The van der Waals surface area contributed by atoms with Gasteiger partial charge >= 0.3 is 11.9 Å².